The van der Waals surface area contributed by atoms with Crippen molar-refractivity contribution in [3.8, 4) is 11.4 Å². The Morgan fingerprint density at radius 2 is 1.54 bits per heavy atom. The second-order valence-corrected chi connectivity index (χ2v) is 6.32. The lowest BCUT2D eigenvalue weighted by Gasteiger charge is -2.10. The fourth-order valence-corrected chi connectivity index (χ4v) is 3.51. The zero-order valence-electron chi connectivity index (χ0n) is 12.8. The minimum atomic E-state index is 0.726. The highest BCUT2D eigenvalue weighted by Gasteiger charge is 2.13. The molecule has 0 N–H and O–H groups in total. The Labute approximate surface area is 143 Å². The Hall–Kier alpha value is -2.84. The standard InChI is InChI=1S/C21H13ClN2/c22-16-10-11-18-17(13-16)20-12-15-8-4-5-9-19(15)24(20)21(23-18)14-6-2-1-3-7-14/h1-13H. The molecule has 0 radical (unpaired) electrons. The van der Waals surface area contributed by atoms with E-state index in [0.717, 1.165) is 38.3 Å². The van der Waals surface area contributed by atoms with Crippen molar-refractivity contribution in [2.75, 3.05) is 0 Å². The van der Waals surface area contributed by atoms with Crippen molar-refractivity contribution in [3.63, 3.8) is 0 Å². The molecule has 0 saturated heterocycles. The van der Waals surface area contributed by atoms with E-state index in [-0.39, 0.29) is 0 Å². The van der Waals surface area contributed by atoms with Crippen LogP contribution >= 0.6 is 11.6 Å². The van der Waals surface area contributed by atoms with Crippen LogP contribution in [0.3, 0.4) is 0 Å². The molecule has 3 heteroatoms. The first kappa shape index (κ1) is 13.6. The first-order valence-electron chi connectivity index (χ1n) is 7.86. The summed E-state index contributed by atoms with van der Waals surface area (Å²) in [7, 11) is 0. The molecular formula is C21H13ClN2. The van der Waals surface area contributed by atoms with Crippen molar-refractivity contribution in [2.24, 2.45) is 0 Å². The maximum absolute atomic E-state index is 6.24. The molecular weight excluding hydrogens is 316 g/mol. The topological polar surface area (TPSA) is 17.3 Å². The lowest BCUT2D eigenvalue weighted by molar-refractivity contribution is 1.17. The Kier molecular flexibility index (Phi) is 2.88. The van der Waals surface area contributed by atoms with Gasteiger partial charge in [-0.2, -0.15) is 0 Å². The van der Waals surface area contributed by atoms with Gasteiger partial charge in [-0.3, -0.25) is 4.40 Å². The van der Waals surface area contributed by atoms with Crippen LogP contribution in [0.15, 0.2) is 78.9 Å². The van der Waals surface area contributed by atoms with Crippen LogP contribution in [0.1, 0.15) is 0 Å². The van der Waals surface area contributed by atoms with Gasteiger partial charge in [0.2, 0.25) is 0 Å². The van der Waals surface area contributed by atoms with Crippen LogP contribution in [-0.2, 0) is 0 Å². The van der Waals surface area contributed by atoms with Gasteiger partial charge >= 0.3 is 0 Å². The number of aromatic nitrogens is 2. The van der Waals surface area contributed by atoms with Crippen LogP contribution in [0.4, 0.5) is 0 Å². The van der Waals surface area contributed by atoms with E-state index in [2.05, 4.69) is 46.9 Å². The van der Waals surface area contributed by atoms with E-state index in [1.165, 1.54) is 5.39 Å². The van der Waals surface area contributed by atoms with Gasteiger partial charge in [0.25, 0.3) is 0 Å². The van der Waals surface area contributed by atoms with Crippen molar-refractivity contribution in [3.05, 3.63) is 83.9 Å². The highest BCUT2D eigenvalue weighted by molar-refractivity contribution is 6.31. The largest absolute Gasteiger partial charge is 0.293 e. The summed E-state index contributed by atoms with van der Waals surface area (Å²) in [6.45, 7) is 0. The van der Waals surface area contributed by atoms with Gasteiger partial charge in [-0.25, -0.2) is 4.98 Å². The number of hydrogen-bond acceptors (Lipinski definition) is 1. The van der Waals surface area contributed by atoms with Crippen LogP contribution in [0.5, 0.6) is 0 Å². The summed E-state index contributed by atoms with van der Waals surface area (Å²) in [5, 5.41) is 2.99. The third-order valence-electron chi connectivity index (χ3n) is 4.42. The van der Waals surface area contributed by atoms with Crippen LogP contribution in [0, 0.1) is 0 Å². The summed E-state index contributed by atoms with van der Waals surface area (Å²) in [5.74, 6) is 0.946. The molecule has 5 aromatic rings. The molecule has 0 unspecified atom stereocenters. The van der Waals surface area contributed by atoms with E-state index in [4.69, 9.17) is 16.6 Å². The zero-order chi connectivity index (χ0) is 16.1. The van der Waals surface area contributed by atoms with Crippen LogP contribution in [0.2, 0.25) is 5.02 Å². The van der Waals surface area contributed by atoms with Gasteiger partial charge in [0.05, 0.1) is 16.6 Å². The first-order chi connectivity index (χ1) is 11.8. The van der Waals surface area contributed by atoms with Crippen molar-refractivity contribution in [1.29, 1.82) is 0 Å². The molecule has 0 bridgehead atoms. The average molecular weight is 329 g/mol. The summed E-state index contributed by atoms with van der Waals surface area (Å²) in [4.78, 5) is 4.94. The lowest BCUT2D eigenvalue weighted by Crippen LogP contribution is -1.97. The predicted octanol–water partition coefficient (Wildman–Crippen LogP) is 5.96. The molecule has 0 saturated carbocycles. The number of nitrogens with zero attached hydrogens (tertiary/aromatic N) is 2. The number of halogens is 1. The summed E-state index contributed by atoms with van der Waals surface area (Å²) in [5.41, 5.74) is 4.33. The second-order valence-electron chi connectivity index (χ2n) is 5.89. The zero-order valence-corrected chi connectivity index (χ0v) is 13.5. The minimum absolute atomic E-state index is 0.726. The normalized spacial score (nSPS) is 11.5. The molecule has 5 rings (SSSR count). The summed E-state index contributed by atoms with van der Waals surface area (Å²) in [6, 6.07) is 26.8. The quantitative estimate of drug-likeness (QED) is 0.371. The highest BCUT2D eigenvalue weighted by Crippen LogP contribution is 2.32. The third kappa shape index (κ3) is 1.93. The smallest absolute Gasteiger partial charge is 0.145 e. The molecule has 0 aliphatic carbocycles. The van der Waals surface area contributed by atoms with Crippen molar-refractivity contribution in [1.82, 2.24) is 9.38 Å². The van der Waals surface area contributed by atoms with Gasteiger partial charge < -0.3 is 0 Å². The molecule has 24 heavy (non-hydrogen) atoms. The van der Waals surface area contributed by atoms with Crippen LogP contribution in [0.25, 0.3) is 38.7 Å². The van der Waals surface area contributed by atoms with E-state index in [1.54, 1.807) is 0 Å². The van der Waals surface area contributed by atoms with E-state index >= 15 is 0 Å². The van der Waals surface area contributed by atoms with Crippen molar-refractivity contribution < 1.29 is 0 Å². The molecule has 3 aromatic carbocycles. The molecule has 2 heterocycles. The fourth-order valence-electron chi connectivity index (χ4n) is 3.34. The summed E-state index contributed by atoms with van der Waals surface area (Å²) >= 11 is 6.24. The van der Waals surface area contributed by atoms with Crippen molar-refractivity contribution in [2.45, 2.75) is 0 Å². The SMILES string of the molecule is Clc1ccc2nc(-c3ccccc3)n3c4ccccc4cc3c2c1. The van der Waals surface area contributed by atoms with Gasteiger partial charge in [-0.1, -0.05) is 60.1 Å². The Morgan fingerprint density at radius 1 is 0.750 bits per heavy atom. The molecule has 0 spiro atoms. The Bertz CT molecular complexity index is 1210. The van der Waals surface area contributed by atoms with E-state index < -0.39 is 0 Å². The predicted molar refractivity (Wildman–Crippen MR) is 101 cm³/mol. The lowest BCUT2D eigenvalue weighted by atomic mass is 10.1. The first-order valence-corrected chi connectivity index (χ1v) is 8.24. The van der Waals surface area contributed by atoms with E-state index in [0.29, 0.717) is 0 Å². The average Bonchev–Trinajstić information content (AvgIpc) is 3.02. The highest BCUT2D eigenvalue weighted by atomic mass is 35.5. The summed E-state index contributed by atoms with van der Waals surface area (Å²) < 4.78 is 2.23. The van der Waals surface area contributed by atoms with Gasteiger partial charge in [0.1, 0.15) is 5.82 Å². The Morgan fingerprint density at radius 3 is 2.42 bits per heavy atom. The third-order valence-corrected chi connectivity index (χ3v) is 4.65. The van der Waals surface area contributed by atoms with E-state index in [9.17, 15) is 0 Å². The van der Waals surface area contributed by atoms with Crippen LogP contribution in [-0.4, -0.2) is 9.38 Å². The Balaban J connectivity index is 2.05. The van der Waals surface area contributed by atoms with Gasteiger partial charge in [0, 0.05) is 21.4 Å². The van der Waals surface area contributed by atoms with Gasteiger partial charge in [0.15, 0.2) is 0 Å². The number of benzene rings is 3. The number of rotatable bonds is 1. The molecule has 0 amide bonds. The van der Waals surface area contributed by atoms with Crippen molar-refractivity contribution >= 4 is 38.9 Å². The van der Waals surface area contributed by atoms with Gasteiger partial charge in [-0.05, 0) is 30.3 Å². The number of para-hydroxylation sites is 1. The molecule has 2 aromatic heterocycles. The van der Waals surface area contributed by atoms with Gasteiger partial charge in [-0.15, -0.1) is 0 Å². The fraction of sp³-hybridized carbons (Fsp3) is 0. The molecule has 0 aliphatic heterocycles. The van der Waals surface area contributed by atoms with Crippen LogP contribution < -0.4 is 0 Å². The molecule has 2 nitrogen and oxygen atoms in total. The number of fused-ring (bicyclic) bond motifs is 5. The molecule has 0 fully saturated rings. The molecule has 0 aliphatic rings. The molecule has 0 atom stereocenters. The number of hydrogen-bond donors (Lipinski definition) is 0. The molecule has 114 valence electrons. The maximum atomic E-state index is 6.24. The monoisotopic (exact) mass is 328 g/mol. The minimum Gasteiger partial charge on any atom is -0.293 e. The summed E-state index contributed by atoms with van der Waals surface area (Å²) in [6.07, 6.45) is 0. The van der Waals surface area contributed by atoms with E-state index in [1.807, 2.05) is 36.4 Å². The maximum Gasteiger partial charge on any atom is 0.145 e. The second kappa shape index (κ2) is 5.08.